The van der Waals surface area contributed by atoms with Gasteiger partial charge in [0.1, 0.15) is 23.5 Å². The van der Waals surface area contributed by atoms with Gasteiger partial charge in [0.2, 0.25) is 0 Å². The van der Waals surface area contributed by atoms with Gasteiger partial charge >= 0.3 is 0 Å². The van der Waals surface area contributed by atoms with E-state index in [1.54, 1.807) is 24.3 Å². The SMILES string of the molecule is CC(C)(C)c1ccc(OCCCN2CCC(OC(c3ccc(F)cc3)c3ccc(F)cc3)CC2)cc1. The maximum Gasteiger partial charge on any atom is 0.123 e. The number of halogens is 2. The summed E-state index contributed by atoms with van der Waals surface area (Å²) in [7, 11) is 0. The largest absolute Gasteiger partial charge is 0.494 e. The Hall–Kier alpha value is -2.76. The van der Waals surface area contributed by atoms with Crippen LogP contribution in [0.25, 0.3) is 0 Å². The Labute approximate surface area is 214 Å². The van der Waals surface area contributed by atoms with Crippen LogP contribution in [0, 0.1) is 11.6 Å². The van der Waals surface area contributed by atoms with Crippen LogP contribution >= 0.6 is 0 Å². The highest BCUT2D eigenvalue weighted by atomic mass is 19.1. The van der Waals surface area contributed by atoms with Crippen molar-refractivity contribution in [2.75, 3.05) is 26.2 Å². The van der Waals surface area contributed by atoms with Gasteiger partial charge in [0.15, 0.2) is 0 Å². The molecule has 36 heavy (non-hydrogen) atoms. The van der Waals surface area contributed by atoms with Crippen LogP contribution in [0.1, 0.15) is 62.8 Å². The number of rotatable bonds is 9. The molecular formula is C31H37F2NO2. The molecule has 4 rings (SSSR count). The zero-order valence-corrected chi connectivity index (χ0v) is 21.6. The van der Waals surface area contributed by atoms with E-state index in [0.29, 0.717) is 6.61 Å². The van der Waals surface area contributed by atoms with Gasteiger partial charge in [-0.1, -0.05) is 57.2 Å². The second-order valence-electron chi connectivity index (χ2n) is 10.6. The fourth-order valence-electron chi connectivity index (χ4n) is 4.62. The van der Waals surface area contributed by atoms with Crippen LogP contribution in [-0.4, -0.2) is 37.2 Å². The van der Waals surface area contributed by atoms with Crippen molar-refractivity contribution in [1.82, 2.24) is 4.90 Å². The van der Waals surface area contributed by atoms with Crippen molar-refractivity contribution in [2.45, 2.75) is 57.7 Å². The lowest BCUT2D eigenvalue weighted by Crippen LogP contribution is -2.38. The van der Waals surface area contributed by atoms with Gasteiger partial charge in [-0.05, 0) is 77.8 Å². The number of likely N-dealkylation sites (tertiary alicyclic amines) is 1. The molecule has 0 saturated carbocycles. The minimum Gasteiger partial charge on any atom is -0.494 e. The lowest BCUT2D eigenvalue weighted by atomic mass is 9.87. The van der Waals surface area contributed by atoms with Crippen LogP contribution in [-0.2, 0) is 10.2 Å². The Morgan fingerprint density at radius 2 is 1.33 bits per heavy atom. The number of benzene rings is 3. The molecule has 0 atom stereocenters. The first-order valence-corrected chi connectivity index (χ1v) is 12.9. The highest BCUT2D eigenvalue weighted by Crippen LogP contribution is 2.30. The molecule has 0 N–H and O–H groups in total. The lowest BCUT2D eigenvalue weighted by molar-refractivity contribution is -0.0273. The van der Waals surface area contributed by atoms with Crippen LogP contribution in [0.5, 0.6) is 5.75 Å². The summed E-state index contributed by atoms with van der Waals surface area (Å²) in [5.74, 6) is 0.356. The van der Waals surface area contributed by atoms with E-state index in [2.05, 4.69) is 49.9 Å². The normalized spacial score (nSPS) is 15.4. The maximum absolute atomic E-state index is 13.5. The Bertz CT molecular complexity index is 1020. The second kappa shape index (κ2) is 12.0. The predicted molar refractivity (Wildman–Crippen MR) is 140 cm³/mol. The monoisotopic (exact) mass is 493 g/mol. The average Bonchev–Trinajstić information content (AvgIpc) is 2.87. The summed E-state index contributed by atoms with van der Waals surface area (Å²) >= 11 is 0. The van der Waals surface area contributed by atoms with Crippen molar-refractivity contribution < 1.29 is 18.3 Å². The van der Waals surface area contributed by atoms with Crippen LogP contribution in [0.4, 0.5) is 8.78 Å². The van der Waals surface area contributed by atoms with E-state index in [1.165, 1.54) is 29.8 Å². The molecule has 0 amide bonds. The Balaban J connectivity index is 1.24. The van der Waals surface area contributed by atoms with Crippen LogP contribution in [0.15, 0.2) is 72.8 Å². The molecule has 0 aliphatic carbocycles. The summed E-state index contributed by atoms with van der Waals surface area (Å²) in [6.07, 6.45) is 2.57. The fraction of sp³-hybridized carbons (Fsp3) is 0.419. The molecule has 0 radical (unpaired) electrons. The number of ether oxygens (including phenoxy) is 2. The molecule has 0 spiro atoms. The first-order chi connectivity index (χ1) is 17.3. The van der Waals surface area contributed by atoms with E-state index in [-0.39, 0.29) is 29.3 Å². The molecule has 1 saturated heterocycles. The molecule has 1 aliphatic heterocycles. The lowest BCUT2D eigenvalue weighted by Gasteiger charge is -2.34. The molecular weight excluding hydrogens is 456 g/mol. The Kier molecular flexibility index (Phi) is 8.76. The average molecular weight is 494 g/mol. The number of hydrogen-bond donors (Lipinski definition) is 0. The van der Waals surface area contributed by atoms with Gasteiger partial charge < -0.3 is 14.4 Å². The van der Waals surface area contributed by atoms with Crippen molar-refractivity contribution in [2.24, 2.45) is 0 Å². The smallest absolute Gasteiger partial charge is 0.123 e. The third-order valence-corrected chi connectivity index (χ3v) is 6.82. The van der Waals surface area contributed by atoms with E-state index in [4.69, 9.17) is 9.47 Å². The van der Waals surface area contributed by atoms with Crippen LogP contribution < -0.4 is 4.74 Å². The van der Waals surface area contributed by atoms with E-state index in [9.17, 15) is 8.78 Å². The quantitative estimate of drug-likeness (QED) is 0.292. The number of nitrogens with zero attached hydrogens (tertiary/aromatic N) is 1. The topological polar surface area (TPSA) is 21.7 Å². The highest BCUT2D eigenvalue weighted by Gasteiger charge is 2.25. The number of hydrogen-bond acceptors (Lipinski definition) is 3. The van der Waals surface area contributed by atoms with Crippen molar-refractivity contribution >= 4 is 0 Å². The molecule has 3 aromatic rings. The standard InChI is InChI=1S/C31H37F2NO2/c1-31(2,3)25-9-15-28(16-10-25)35-22-4-19-34-20-17-29(18-21-34)36-30(23-5-11-26(32)12-6-23)24-7-13-27(33)14-8-24/h5-16,29-30H,4,17-22H2,1-3H3. The first kappa shape index (κ1) is 26.3. The van der Waals surface area contributed by atoms with Crippen molar-refractivity contribution in [3.8, 4) is 5.75 Å². The third kappa shape index (κ3) is 7.37. The van der Waals surface area contributed by atoms with E-state index in [1.807, 2.05) is 0 Å². The molecule has 192 valence electrons. The molecule has 1 heterocycles. The van der Waals surface area contributed by atoms with Crippen molar-refractivity contribution in [3.63, 3.8) is 0 Å². The first-order valence-electron chi connectivity index (χ1n) is 12.9. The van der Waals surface area contributed by atoms with Crippen LogP contribution in [0.2, 0.25) is 0 Å². The predicted octanol–water partition coefficient (Wildman–Crippen LogP) is 7.30. The van der Waals surface area contributed by atoms with E-state index >= 15 is 0 Å². The molecule has 5 heteroatoms. The molecule has 1 aliphatic rings. The van der Waals surface area contributed by atoms with Gasteiger partial charge in [0, 0.05) is 19.6 Å². The summed E-state index contributed by atoms with van der Waals surface area (Å²) in [6, 6.07) is 21.2. The Morgan fingerprint density at radius 1 is 0.806 bits per heavy atom. The van der Waals surface area contributed by atoms with Gasteiger partial charge in [-0.25, -0.2) is 8.78 Å². The molecule has 0 unspecified atom stereocenters. The third-order valence-electron chi connectivity index (χ3n) is 6.82. The molecule has 0 aromatic heterocycles. The van der Waals surface area contributed by atoms with Gasteiger partial charge in [0.05, 0.1) is 12.7 Å². The second-order valence-corrected chi connectivity index (χ2v) is 10.6. The van der Waals surface area contributed by atoms with Crippen molar-refractivity contribution in [3.05, 3.63) is 101 Å². The van der Waals surface area contributed by atoms with Crippen molar-refractivity contribution in [1.29, 1.82) is 0 Å². The summed E-state index contributed by atoms with van der Waals surface area (Å²) < 4.78 is 39.4. The molecule has 0 bridgehead atoms. The fourth-order valence-corrected chi connectivity index (χ4v) is 4.62. The minimum atomic E-state index is -0.346. The summed E-state index contributed by atoms with van der Waals surface area (Å²) in [4.78, 5) is 2.46. The van der Waals surface area contributed by atoms with E-state index < -0.39 is 0 Å². The molecule has 1 fully saturated rings. The zero-order chi connectivity index (χ0) is 25.5. The maximum atomic E-state index is 13.5. The minimum absolute atomic E-state index is 0.0962. The number of piperidine rings is 1. The summed E-state index contributed by atoms with van der Waals surface area (Å²) in [5, 5.41) is 0. The Morgan fingerprint density at radius 3 is 1.83 bits per heavy atom. The zero-order valence-electron chi connectivity index (χ0n) is 21.6. The van der Waals surface area contributed by atoms with Gasteiger partial charge in [0.25, 0.3) is 0 Å². The molecule has 3 nitrogen and oxygen atoms in total. The van der Waals surface area contributed by atoms with Crippen LogP contribution in [0.3, 0.4) is 0 Å². The van der Waals surface area contributed by atoms with Gasteiger partial charge in [-0.3, -0.25) is 0 Å². The van der Waals surface area contributed by atoms with E-state index in [0.717, 1.165) is 55.8 Å². The van der Waals surface area contributed by atoms with Gasteiger partial charge in [-0.15, -0.1) is 0 Å². The highest BCUT2D eigenvalue weighted by molar-refractivity contribution is 5.32. The molecule has 3 aromatic carbocycles. The van der Waals surface area contributed by atoms with Gasteiger partial charge in [-0.2, -0.15) is 0 Å². The summed E-state index contributed by atoms with van der Waals surface area (Å²) in [5.41, 5.74) is 3.20. The summed E-state index contributed by atoms with van der Waals surface area (Å²) in [6.45, 7) is 10.2.